The lowest BCUT2D eigenvalue weighted by Crippen LogP contribution is -1.87. The molecule has 1 heterocycles. The molecule has 1 aromatic carbocycles. The zero-order valence-electron chi connectivity index (χ0n) is 7.49. The van der Waals surface area contributed by atoms with E-state index in [0.717, 1.165) is 17.0 Å². The molecule has 0 unspecified atom stereocenters. The van der Waals surface area contributed by atoms with Gasteiger partial charge in [0.05, 0.1) is 5.52 Å². The van der Waals surface area contributed by atoms with Crippen LogP contribution in [0.2, 0.25) is 0 Å². The number of fused-ring (bicyclic) bond motifs is 1. The first-order valence-electron chi connectivity index (χ1n) is 4.27. The van der Waals surface area contributed by atoms with Crippen LogP contribution >= 0.6 is 12.6 Å². The highest BCUT2D eigenvalue weighted by atomic mass is 32.1. The van der Waals surface area contributed by atoms with Crippen molar-refractivity contribution in [1.29, 1.82) is 0 Å². The molecule has 66 valence electrons. The van der Waals surface area contributed by atoms with Crippen LogP contribution < -0.4 is 0 Å². The topological polar surface area (TPSA) is 12.9 Å². The van der Waals surface area contributed by atoms with Gasteiger partial charge in [0.1, 0.15) is 0 Å². The van der Waals surface area contributed by atoms with Crippen molar-refractivity contribution in [1.82, 2.24) is 4.98 Å². The van der Waals surface area contributed by atoms with Gasteiger partial charge in [0.2, 0.25) is 0 Å². The molecule has 13 heavy (non-hydrogen) atoms. The predicted molar refractivity (Wildman–Crippen MR) is 59.2 cm³/mol. The summed E-state index contributed by atoms with van der Waals surface area (Å²) >= 11 is 4.28. The van der Waals surface area contributed by atoms with Crippen molar-refractivity contribution < 1.29 is 0 Å². The fourth-order valence-corrected chi connectivity index (χ4v) is 1.69. The molecule has 2 heteroatoms. The van der Waals surface area contributed by atoms with Gasteiger partial charge in [0.25, 0.3) is 0 Å². The maximum atomic E-state index is 4.50. The van der Waals surface area contributed by atoms with Crippen LogP contribution in [0.4, 0.5) is 0 Å². The van der Waals surface area contributed by atoms with E-state index in [2.05, 4.69) is 35.8 Å². The van der Waals surface area contributed by atoms with Gasteiger partial charge in [-0.25, -0.2) is 0 Å². The van der Waals surface area contributed by atoms with Crippen LogP contribution in [0.15, 0.2) is 30.3 Å². The van der Waals surface area contributed by atoms with E-state index in [9.17, 15) is 0 Å². The monoisotopic (exact) mass is 189 g/mol. The number of para-hydroxylation sites is 1. The number of pyridine rings is 1. The van der Waals surface area contributed by atoms with Gasteiger partial charge in [-0.2, -0.15) is 12.6 Å². The summed E-state index contributed by atoms with van der Waals surface area (Å²) in [5, 5.41) is 1.19. The molecule has 0 aliphatic carbocycles. The van der Waals surface area contributed by atoms with Crippen molar-refractivity contribution in [3.63, 3.8) is 0 Å². The summed E-state index contributed by atoms with van der Waals surface area (Å²) < 4.78 is 0. The van der Waals surface area contributed by atoms with Crippen LogP contribution in [0.25, 0.3) is 10.9 Å². The number of aromatic nitrogens is 1. The number of nitrogens with zero attached hydrogens (tertiary/aromatic N) is 1. The fourth-order valence-electron chi connectivity index (χ4n) is 1.43. The Kier molecular flexibility index (Phi) is 2.23. The second-order valence-electron chi connectivity index (χ2n) is 3.10. The van der Waals surface area contributed by atoms with E-state index in [1.807, 2.05) is 19.1 Å². The van der Waals surface area contributed by atoms with Crippen molar-refractivity contribution in [2.24, 2.45) is 0 Å². The number of benzene rings is 1. The van der Waals surface area contributed by atoms with Crippen LogP contribution in [-0.4, -0.2) is 4.98 Å². The van der Waals surface area contributed by atoms with E-state index in [4.69, 9.17) is 0 Å². The van der Waals surface area contributed by atoms with E-state index in [0.29, 0.717) is 0 Å². The van der Waals surface area contributed by atoms with E-state index in [-0.39, 0.29) is 0 Å². The fraction of sp³-hybridized carbons (Fsp3) is 0.182. The molecule has 0 aliphatic rings. The second-order valence-corrected chi connectivity index (χ2v) is 3.42. The first-order valence-corrected chi connectivity index (χ1v) is 4.90. The van der Waals surface area contributed by atoms with Crippen LogP contribution in [0.5, 0.6) is 0 Å². The zero-order chi connectivity index (χ0) is 9.26. The Morgan fingerprint density at radius 2 is 2.08 bits per heavy atom. The number of hydrogen-bond donors (Lipinski definition) is 1. The molecule has 2 aromatic rings. The smallest absolute Gasteiger partial charge is 0.0745 e. The molecule has 0 spiro atoms. The molecule has 0 radical (unpaired) electrons. The molecular formula is C11H11NS. The van der Waals surface area contributed by atoms with Gasteiger partial charge in [-0.3, -0.25) is 4.98 Å². The summed E-state index contributed by atoms with van der Waals surface area (Å²) in [5.41, 5.74) is 3.34. The van der Waals surface area contributed by atoms with Gasteiger partial charge in [-0.1, -0.05) is 24.3 Å². The SMILES string of the molecule is Cc1ccc2cccc(CS)c2n1. The molecule has 0 N–H and O–H groups in total. The first kappa shape index (κ1) is 8.57. The molecule has 2 rings (SSSR count). The Bertz CT molecular complexity index is 437. The summed E-state index contributed by atoms with van der Waals surface area (Å²) in [6, 6.07) is 10.3. The second kappa shape index (κ2) is 3.38. The summed E-state index contributed by atoms with van der Waals surface area (Å²) in [6.45, 7) is 2.01. The van der Waals surface area contributed by atoms with Crippen LogP contribution in [0.3, 0.4) is 0 Å². The normalized spacial score (nSPS) is 10.6. The molecule has 0 saturated carbocycles. The summed E-state index contributed by atoms with van der Waals surface area (Å²) in [4.78, 5) is 4.50. The number of thiol groups is 1. The third-order valence-electron chi connectivity index (χ3n) is 2.11. The molecule has 1 nitrogen and oxygen atoms in total. The van der Waals surface area contributed by atoms with Gasteiger partial charge in [0.15, 0.2) is 0 Å². The van der Waals surface area contributed by atoms with Gasteiger partial charge in [-0.05, 0) is 18.6 Å². The first-order chi connectivity index (χ1) is 6.31. The molecule has 0 bridgehead atoms. The molecule has 1 aromatic heterocycles. The summed E-state index contributed by atoms with van der Waals surface area (Å²) in [7, 11) is 0. The third-order valence-corrected chi connectivity index (χ3v) is 2.45. The van der Waals surface area contributed by atoms with Crippen LogP contribution in [-0.2, 0) is 5.75 Å². The molecule has 0 aliphatic heterocycles. The number of rotatable bonds is 1. The quantitative estimate of drug-likeness (QED) is 0.680. The highest BCUT2D eigenvalue weighted by molar-refractivity contribution is 7.79. The molecular weight excluding hydrogens is 178 g/mol. The van der Waals surface area contributed by atoms with Crippen molar-refractivity contribution in [3.05, 3.63) is 41.6 Å². The van der Waals surface area contributed by atoms with Crippen molar-refractivity contribution >= 4 is 23.5 Å². The Labute approximate surface area is 83.2 Å². The molecule has 0 atom stereocenters. The van der Waals surface area contributed by atoms with Gasteiger partial charge >= 0.3 is 0 Å². The van der Waals surface area contributed by atoms with E-state index >= 15 is 0 Å². The maximum absolute atomic E-state index is 4.50. The zero-order valence-corrected chi connectivity index (χ0v) is 8.38. The average Bonchev–Trinajstić information content (AvgIpc) is 2.17. The van der Waals surface area contributed by atoms with E-state index in [1.165, 1.54) is 10.9 Å². The number of hydrogen-bond acceptors (Lipinski definition) is 2. The van der Waals surface area contributed by atoms with Crippen molar-refractivity contribution in [2.45, 2.75) is 12.7 Å². The predicted octanol–water partition coefficient (Wildman–Crippen LogP) is 2.97. The highest BCUT2D eigenvalue weighted by Crippen LogP contribution is 2.18. The maximum Gasteiger partial charge on any atom is 0.0745 e. The van der Waals surface area contributed by atoms with E-state index in [1.54, 1.807) is 0 Å². The lowest BCUT2D eigenvalue weighted by atomic mass is 10.1. The lowest BCUT2D eigenvalue weighted by Gasteiger charge is -2.03. The highest BCUT2D eigenvalue weighted by Gasteiger charge is 1.99. The molecule has 0 amide bonds. The molecule has 0 fully saturated rings. The minimum Gasteiger partial charge on any atom is -0.253 e. The van der Waals surface area contributed by atoms with E-state index < -0.39 is 0 Å². The van der Waals surface area contributed by atoms with Gasteiger partial charge < -0.3 is 0 Å². The standard InChI is InChI=1S/C11H11NS/c1-8-5-6-9-3-2-4-10(7-13)11(9)12-8/h2-6,13H,7H2,1H3. The Hall–Kier alpha value is -1.02. The van der Waals surface area contributed by atoms with Crippen molar-refractivity contribution in [2.75, 3.05) is 0 Å². The summed E-state index contributed by atoms with van der Waals surface area (Å²) in [5.74, 6) is 0.744. The average molecular weight is 189 g/mol. The third kappa shape index (κ3) is 1.54. The minimum atomic E-state index is 0.744. The van der Waals surface area contributed by atoms with Crippen molar-refractivity contribution in [3.8, 4) is 0 Å². The minimum absolute atomic E-state index is 0.744. The van der Waals surface area contributed by atoms with Gasteiger partial charge in [0, 0.05) is 16.8 Å². The van der Waals surface area contributed by atoms with Crippen LogP contribution in [0.1, 0.15) is 11.3 Å². The Morgan fingerprint density at radius 3 is 2.85 bits per heavy atom. The Morgan fingerprint density at radius 1 is 1.23 bits per heavy atom. The number of aryl methyl sites for hydroxylation is 1. The molecule has 0 saturated heterocycles. The van der Waals surface area contributed by atoms with Crippen LogP contribution in [0, 0.1) is 6.92 Å². The summed E-state index contributed by atoms with van der Waals surface area (Å²) in [6.07, 6.45) is 0. The van der Waals surface area contributed by atoms with Gasteiger partial charge in [-0.15, -0.1) is 0 Å². The Balaban J connectivity index is 2.79. The lowest BCUT2D eigenvalue weighted by molar-refractivity contribution is 1.24. The largest absolute Gasteiger partial charge is 0.253 e.